The maximum Gasteiger partial charge on any atom is 0.165 e. The first kappa shape index (κ1) is 12.4. The number of hydrogen-bond donors (Lipinski definition) is 1. The Hall–Kier alpha value is -2.68. The normalized spacial score (nSPS) is 16.7. The van der Waals surface area contributed by atoms with Crippen molar-refractivity contribution in [3.63, 3.8) is 0 Å². The Balaban J connectivity index is 1.86. The van der Waals surface area contributed by atoms with E-state index < -0.39 is 0 Å². The molecular formula is C14H11FN4O. The Morgan fingerprint density at radius 1 is 1.35 bits per heavy atom. The Kier molecular flexibility index (Phi) is 3.17. The van der Waals surface area contributed by atoms with Crippen molar-refractivity contribution in [2.45, 2.75) is 12.5 Å². The smallest absolute Gasteiger partial charge is 0.165 e. The zero-order valence-electron chi connectivity index (χ0n) is 10.5. The molecule has 1 N–H and O–H groups in total. The van der Waals surface area contributed by atoms with E-state index >= 15 is 0 Å². The fraction of sp³-hybridized carbons (Fsp3) is 0.214. The Bertz CT molecular complexity index is 666. The van der Waals surface area contributed by atoms with Crippen LogP contribution >= 0.6 is 0 Å². The largest absolute Gasteiger partial charge is 0.490 e. The minimum atomic E-state index is -0.361. The number of nitrogens with one attached hydrogen (secondary N) is 1. The summed E-state index contributed by atoms with van der Waals surface area (Å²) in [4.78, 5) is 8.05. The van der Waals surface area contributed by atoms with Gasteiger partial charge in [-0.1, -0.05) is 12.1 Å². The lowest BCUT2D eigenvalue weighted by Gasteiger charge is -2.27. The van der Waals surface area contributed by atoms with E-state index in [-0.39, 0.29) is 23.3 Å². The predicted molar refractivity (Wildman–Crippen MR) is 69.6 cm³/mol. The third kappa shape index (κ3) is 2.26. The zero-order valence-corrected chi connectivity index (χ0v) is 10.5. The highest BCUT2D eigenvalue weighted by Crippen LogP contribution is 2.35. The molecule has 0 aliphatic carbocycles. The molecule has 100 valence electrons. The molecule has 0 saturated heterocycles. The molecule has 6 heteroatoms. The van der Waals surface area contributed by atoms with Crippen LogP contribution in [0.15, 0.2) is 30.6 Å². The molecule has 1 atom stereocenters. The molecule has 2 aromatic rings. The van der Waals surface area contributed by atoms with Gasteiger partial charge in [0.2, 0.25) is 0 Å². The second-order valence-electron chi connectivity index (χ2n) is 4.39. The van der Waals surface area contributed by atoms with E-state index in [0.717, 1.165) is 5.56 Å². The number of fused-ring (bicyclic) bond motifs is 1. The molecule has 1 aromatic carbocycles. The number of aromatic nitrogens is 2. The SMILES string of the molecule is N#Cc1cnc(N[C@H]2CCOc3c(F)cccc32)cn1. The number of benzene rings is 1. The average Bonchev–Trinajstić information content (AvgIpc) is 2.49. The van der Waals surface area contributed by atoms with Gasteiger partial charge in [-0.05, 0) is 6.07 Å². The third-order valence-corrected chi connectivity index (χ3v) is 3.11. The van der Waals surface area contributed by atoms with Crippen LogP contribution in [0, 0.1) is 17.1 Å². The summed E-state index contributed by atoms with van der Waals surface area (Å²) in [5.74, 6) is 0.476. The predicted octanol–water partition coefficient (Wildman–Crippen LogP) is 2.42. The number of para-hydroxylation sites is 1. The fourth-order valence-corrected chi connectivity index (χ4v) is 2.18. The van der Waals surface area contributed by atoms with Gasteiger partial charge in [0.15, 0.2) is 17.3 Å². The number of anilines is 1. The van der Waals surface area contributed by atoms with E-state index in [1.165, 1.54) is 18.5 Å². The van der Waals surface area contributed by atoms with Gasteiger partial charge in [0, 0.05) is 12.0 Å². The van der Waals surface area contributed by atoms with Gasteiger partial charge in [-0.3, -0.25) is 0 Å². The monoisotopic (exact) mass is 270 g/mol. The van der Waals surface area contributed by atoms with Gasteiger partial charge in [-0.2, -0.15) is 5.26 Å². The van der Waals surface area contributed by atoms with Crippen LogP contribution in [-0.4, -0.2) is 16.6 Å². The van der Waals surface area contributed by atoms with Gasteiger partial charge in [0.25, 0.3) is 0 Å². The molecule has 3 rings (SSSR count). The van der Waals surface area contributed by atoms with E-state index in [1.54, 1.807) is 6.07 Å². The molecule has 0 unspecified atom stereocenters. The minimum absolute atomic E-state index is 0.0864. The highest BCUT2D eigenvalue weighted by molar-refractivity contribution is 5.44. The third-order valence-electron chi connectivity index (χ3n) is 3.11. The van der Waals surface area contributed by atoms with E-state index in [9.17, 15) is 4.39 Å². The van der Waals surface area contributed by atoms with Gasteiger partial charge < -0.3 is 10.1 Å². The maximum absolute atomic E-state index is 13.7. The Morgan fingerprint density at radius 3 is 3.00 bits per heavy atom. The highest BCUT2D eigenvalue weighted by atomic mass is 19.1. The van der Waals surface area contributed by atoms with E-state index in [0.29, 0.717) is 18.8 Å². The Labute approximate surface area is 115 Å². The number of ether oxygens (including phenoxy) is 1. The standard InChI is InChI=1S/C14H11FN4O/c15-11-3-1-2-10-12(4-5-20-14(10)11)19-13-8-17-9(6-16)7-18-13/h1-3,7-8,12H,4-5H2,(H,18,19)/t12-/m0/s1. The minimum Gasteiger partial charge on any atom is -0.490 e. The molecule has 1 aliphatic rings. The van der Waals surface area contributed by atoms with Gasteiger partial charge in [-0.25, -0.2) is 14.4 Å². The molecule has 0 fully saturated rings. The van der Waals surface area contributed by atoms with Crippen molar-refractivity contribution >= 4 is 5.82 Å². The van der Waals surface area contributed by atoms with Gasteiger partial charge in [-0.15, -0.1) is 0 Å². The summed E-state index contributed by atoms with van der Waals surface area (Å²) in [6.45, 7) is 0.440. The molecular weight excluding hydrogens is 259 g/mol. The van der Waals surface area contributed by atoms with Crippen LogP contribution in [0.2, 0.25) is 0 Å². The molecule has 0 amide bonds. The topological polar surface area (TPSA) is 70.8 Å². The lowest BCUT2D eigenvalue weighted by Crippen LogP contribution is -2.21. The molecule has 2 heterocycles. The van der Waals surface area contributed by atoms with E-state index in [2.05, 4.69) is 15.3 Å². The summed E-state index contributed by atoms with van der Waals surface area (Å²) in [6, 6.07) is 6.68. The second-order valence-corrected chi connectivity index (χ2v) is 4.39. The van der Waals surface area contributed by atoms with Crippen LogP contribution in [0.5, 0.6) is 5.75 Å². The summed E-state index contributed by atoms with van der Waals surface area (Å²) in [5, 5.41) is 11.9. The van der Waals surface area contributed by atoms with E-state index in [4.69, 9.17) is 10.00 Å². The van der Waals surface area contributed by atoms with Crippen LogP contribution in [0.3, 0.4) is 0 Å². The Morgan fingerprint density at radius 2 is 2.25 bits per heavy atom. The lowest BCUT2D eigenvalue weighted by atomic mass is 10.0. The molecule has 1 aromatic heterocycles. The van der Waals surface area contributed by atoms with Gasteiger partial charge >= 0.3 is 0 Å². The van der Waals surface area contributed by atoms with Crippen molar-refractivity contribution in [3.05, 3.63) is 47.7 Å². The number of nitrogens with zero attached hydrogens (tertiary/aromatic N) is 3. The van der Waals surface area contributed by atoms with Crippen molar-refractivity contribution in [2.24, 2.45) is 0 Å². The number of hydrogen-bond acceptors (Lipinski definition) is 5. The quantitative estimate of drug-likeness (QED) is 0.907. The van der Waals surface area contributed by atoms with Crippen LogP contribution in [0.4, 0.5) is 10.2 Å². The van der Waals surface area contributed by atoms with Crippen LogP contribution in [0.1, 0.15) is 23.7 Å². The second kappa shape index (κ2) is 5.13. The summed E-state index contributed by atoms with van der Waals surface area (Å²) >= 11 is 0. The van der Waals surface area contributed by atoms with Crippen LogP contribution < -0.4 is 10.1 Å². The van der Waals surface area contributed by atoms with Gasteiger partial charge in [0.05, 0.1) is 25.0 Å². The van der Waals surface area contributed by atoms with Crippen molar-refractivity contribution in [2.75, 3.05) is 11.9 Å². The molecule has 1 aliphatic heterocycles. The molecule has 0 radical (unpaired) electrons. The first-order valence-electron chi connectivity index (χ1n) is 6.18. The zero-order chi connectivity index (χ0) is 13.9. The number of halogens is 1. The molecule has 0 saturated carbocycles. The highest BCUT2D eigenvalue weighted by Gasteiger charge is 2.24. The van der Waals surface area contributed by atoms with Crippen LogP contribution in [0.25, 0.3) is 0 Å². The first-order chi connectivity index (χ1) is 9.78. The van der Waals surface area contributed by atoms with Crippen LogP contribution in [-0.2, 0) is 0 Å². The number of nitriles is 1. The first-order valence-corrected chi connectivity index (χ1v) is 6.18. The summed E-state index contributed by atoms with van der Waals surface area (Å²) in [5.41, 5.74) is 1.02. The average molecular weight is 270 g/mol. The van der Waals surface area contributed by atoms with E-state index in [1.807, 2.05) is 12.1 Å². The van der Waals surface area contributed by atoms with Crippen molar-refractivity contribution in [3.8, 4) is 11.8 Å². The number of rotatable bonds is 2. The summed E-state index contributed by atoms with van der Waals surface area (Å²) in [6.07, 6.45) is 3.60. The van der Waals surface area contributed by atoms with Crippen molar-refractivity contribution in [1.29, 1.82) is 5.26 Å². The molecule has 0 bridgehead atoms. The lowest BCUT2D eigenvalue weighted by molar-refractivity contribution is 0.260. The van der Waals surface area contributed by atoms with Crippen molar-refractivity contribution < 1.29 is 9.13 Å². The molecule has 5 nitrogen and oxygen atoms in total. The van der Waals surface area contributed by atoms with Gasteiger partial charge in [0.1, 0.15) is 11.9 Å². The maximum atomic E-state index is 13.7. The molecule has 20 heavy (non-hydrogen) atoms. The fourth-order valence-electron chi connectivity index (χ4n) is 2.18. The van der Waals surface area contributed by atoms with Crippen molar-refractivity contribution in [1.82, 2.24) is 9.97 Å². The summed E-state index contributed by atoms with van der Waals surface area (Å²) in [7, 11) is 0. The summed E-state index contributed by atoms with van der Waals surface area (Å²) < 4.78 is 19.0. The molecule has 0 spiro atoms.